The second kappa shape index (κ2) is 9.16. The van der Waals surface area contributed by atoms with Gasteiger partial charge in [-0.1, -0.05) is 71.3 Å². The first kappa shape index (κ1) is 22.7. The molecule has 0 aliphatic heterocycles. The monoisotopic (exact) mass is 457 g/mol. The van der Waals surface area contributed by atoms with Crippen LogP contribution in [-0.4, -0.2) is 22.8 Å². The van der Waals surface area contributed by atoms with Gasteiger partial charge in [-0.3, -0.25) is 4.79 Å². The van der Waals surface area contributed by atoms with Crippen LogP contribution in [0.1, 0.15) is 44.3 Å². The lowest BCUT2D eigenvalue weighted by atomic mass is 9.97. The molecule has 0 fully saturated rings. The molecule has 0 aliphatic carbocycles. The predicted octanol–water partition coefficient (Wildman–Crippen LogP) is 6.91. The molecule has 1 atom stereocenters. The molecule has 5 heteroatoms. The Hall–Kier alpha value is -3.50. The van der Waals surface area contributed by atoms with Crippen molar-refractivity contribution in [2.75, 3.05) is 0 Å². The molecule has 0 radical (unpaired) electrons. The highest BCUT2D eigenvalue weighted by Crippen LogP contribution is 2.32. The minimum absolute atomic E-state index is 0.254. The second-order valence-electron chi connectivity index (χ2n) is 8.27. The molecule has 4 aromatic rings. The highest BCUT2D eigenvalue weighted by molar-refractivity contribution is 6.31. The van der Waals surface area contributed by atoms with Crippen molar-refractivity contribution < 1.29 is 14.3 Å². The molecule has 1 aromatic heterocycles. The van der Waals surface area contributed by atoms with Crippen molar-refractivity contribution in [1.29, 1.82) is 0 Å². The van der Waals surface area contributed by atoms with Crippen molar-refractivity contribution in [2.24, 2.45) is 0 Å². The van der Waals surface area contributed by atoms with Crippen LogP contribution in [-0.2, 0) is 4.74 Å². The average Bonchev–Trinajstić information content (AvgIpc) is 2.79. The molecule has 4 rings (SSSR count). The predicted molar refractivity (Wildman–Crippen MR) is 132 cm³/mol. The minimum Gasteiger partial charge on any atom is -0.451 e. The summed E-state index contributed by atoms with van der Waals surface area (Å²) in [7, 11) is 0. The summed E-state index contributed by atoms with van der Waals surface area (Å²) in [6.45, 7) is 7.39. The number of benzene rings is 3. The van der Waals surface area contributed by atoms with E-state index in [2.05, 4.69) is 0 Å². The van der Waals surface area contributed by atoms with E-state index < -0.39 is 12.1 Å². The van der Waals surface area contributed by atoms with Crippen molar-refractivity contribution in [3.05, 3.63) is 99.6 Å². The number of rotatable bonds is 5. The Bertz CT molecular complexity index is 1360. The number of aromatic nitrogens is 1. The molecule has 166 valence electrons. The van der Waals surface area contributed by atoms with Crippen LogP contribution in [0.25, 0.3) is 22.2 Å². The van der Waals surface area contributed by atoms with Crippen molar-refractivity contribution in [3.8, 4) is 11.3 Å². The van der Waals surface area contributed by atoms with Crippen LogP contribution in [0.4, 0.5) is 0 Å². The number of nitrogens with zero attached hydrogens (tertiary/aromatic N) is 1. The van der Waals surface area contributed by atoms with Crippen molar-refractivity contribution in [2.45, 2.75) is 33.8 Å². The smallest absolute Gasteiger partial charge is 0.339 e. The van der Waals surface area contributed by atoms with Crippen LogP contribution in [0.2, 0.25) is 5.02 Å². The summed E-state index contributed by atoms with van der Waals surface area (Å²) in [5.74, 6) is -0.834. The van der Waals surface area contributed by atoms with Gasteiger partial charge in [0.2, 0.25) is 5.78 Å². The molecule has 33 heavy (non-hydrogen) atoms. The van der Waals surface area contributed by atoms with Gasteiger partial charge >= 0.3 is 5.97 Å². The van der Waals surface area contributed by atoms with Gasteiger partial charge in [0.25, 0.3) is 0 Å². The SMILES string of the molecule is Cc1ccc(C(=O)C(C)OC(=O)c2c(C)c(-c3ccc(C)cc3)nc3ccc(Cl)cc23)cc1. The van der Waals surface area contributed by atoms with Gasteiger partial charge in [-0.15, -0.1) is 0 Å². The molecule has 0 saturated carbocycles. The van der Waals surface area contributed by atoms with Gasteiger partial charge < -0.3 is 4.74 Å². The average molecular weight is 458 g/mol. The molecule has 0 amide bonds. The summed E-state index contributed by atoms with van der Waals surface area (Å²) in [6.07, 6.45) is -0.940. The maximum absolute atomic E-state index is 13.4. The highest BCUT2D eigenvalue weighted by Gasteiger charge is 2.25. The number of hydrogen-bond donors (Lipinski definition) is 0. The molecular formula is C28H24ClNO3. The second-order valence-corrected chi connectivity index (χ2v) is 8.70. The van der Waals surface area contributed by atoms with Crippen molar-refractivity contribution in [1.82, 2.24) is 4.98 Å². The number of aryl methyl sites for hydroxylation is 2. The number of esters is 1. The zero-order chi connectivity index (χ0) is 23.7. The van der Waals surface area contributed by atoms with E-state index >= 15 is 0 Å². The maximum atomic E-state index is 13.4. The quantitative estimate of drug-likeness (QED) is 0.241. The van der Waals surface area contributed by atoms with Crippen molar-refractivity contribution >= 4 is 34.3 Å². The number of fused-ring (bicyclic) bond motifs is 1. The van der Waals surface area contributed by atoms with E-state index in [0.717, 1.165) is 16.7 Å². The molecular weight excluding hydrogens is 434 g/mol. The largest absolute Gasteiger partial charge is 0.451 e. The van der Waals surface area contributed by atoms with Crippen LogP contribution in [0, 0.1) is 20.8 Å². The lowest BCUT2D eigenvalue weighted by molar-refractivity contribution is 0.0320. The van der Waals surface area contributed by atoms with Crippen LogP contribution in [0.3, 0.4) is 0 Å². The van der Waals surface area contributed by atoms with Crippen LogP contribution in [0.5, 0.6) is 0 Å². The molecule has 4 nitrogen and oxygen atoms in total. The fraction of sp³-hybridized carbons (Fsp3) is 0.179. The molecule has 1 unspecified atom stereocenters. The maximum Gasteiger partial charge on any atom is 0.339 e. The van der Waals surface area contributed by atoms with Gasteiger partial charge in [0.05, 0.1) is 16.8 Å². The summed E-state index contributed by atoms with van der Waals surface area (Å²) in [4.78, 5) is 31.0. The number of halogens is 1. The van der Waals surface area contributed by atoms with E-state index in [1.807, 2.05) is 57.2 Å². The summed E-state index contributed by atoms with van der Waals surface area (Å²) in [5, 5.41) is 1.08. The molecule has 1 heterocycles. The first-order chi connectivity index (χ1) is 15.7. The minimum atomic E-state index is -0.940. The molecule has 0 aliphatic rings. The Morgan fingerprint density at radius 1 is 0.879 bits per heavy atom. The summed E-state index contributed by atoms with van der Waals surface area (Å²) in [5.41, 5.74) is 5.94. The Labute approximate surface area is 198 Å². The van der Waals surface area contributed by atoms with Gasteiger partial charge in [-0.25, -0.2) is 9.78 Å². The summed E-state index contributed by atoms with van der Waals surface area (Å²) in [6, 6.07) is 20.4. The Morgan fingerprint density at radius 3 is 2.12 bits per heavy atom. The standard InChI is InChI=1S/C28H24ClNO3/c1-16-5-9-20(10-6-16)26-18(3)25(23-15-22(29)13-14-24(23)30-26)28(32)33-19(4)27(31)21-11-7-17(2)8-12-21/h5-15,19H,1-4H3. The van der Waals surface area contributed by atoms with Gasteiger partial charge in [0, 0.05) is 21.5 Å². The van der Waals surface area contributed by atoms with Crippen LogP contribution >= 0.6 is 11.6 Å². The van der Waals surface area contributed by atoms with Gasteiger partial charge in [-0.2, -0.15) is 0 Å². The topological polar surface area (TPSA) is 56.3 Å². The van der Waals surface area contributed by atoms with E-state index in [-0.39, 0.29) is 5.78 Å². The van der Waals surface area contributed by atoms with E-state index in [1.54, 1.807) is 37.3 Å². The molecule has 3 aromatic carbocycles. The van der Waals surface area contributed by atoms with E-state index in [0.29, 0.717) is 38.3 Å². The van der Waals surface area contributed by atoms with E-state index in [4.69, 9.17) is 21.3 Å². The number of ketones is 1. The summed E-state index contributed by atoms with van der Waals surface area (Å²) >= 11 is 6.24. The fourth-order valence-corrected chi connectivity index (χ4v) is 3.98. The van der Waals surface area contributed by atoms with Gasteiger partial charge in [0.1, 0.15) is 0 Å². The first-order valence-corrected chi connectivity index (χ1v) is 11.1. The first-order valence-electron chi connectivity index (χ1n) is 10.7. The van der Waals surface area contributed by atoms with E-state index in [9.17, 15) is 9.59 Å². The Kier molecular flexibility index (Phi) is 6.30. The number of hydrogen-bond acceptors (Lipinski definition) is 4. The summed E-state index contributed by atoms with van der Waals surface area (Å²) < 4.78 is 5.66. The van der Waals surface area contributed by atoms with Gasteiger partial charge in [0.15, 0.2) is 6.10 Å². The normalized spacial score (nSPS) is 11.9. The molecule has 0 saturated heterocycles. The Morgan fingerprint density at radius 2 is 1.48 bits per heavy atom. The zero-order valence-electron chi connectivity index (χ0n) is 19.0. The third kappa shape index (κ3) is 4.67. The van der Waals surface area contributed by atoms with Gasteiger partial charge in [-0.05, 0) is 51.5 Å². The number of Topliss-reactive ketones (excluding diaryl/α,β-unsaturated/α-hetero) is 1. The Balaban J connectivity index is 1.76. The molecule has 0 bridgehead atoms. The third-order valence-electron chi connectivity index (χ3n) is 5.71. The third-order valence-corrected chi connectivity index (χ3v) is 5.94. The zero-order valence-corrected chi connectivity index (χ0v) is 19.7. The highest BCUT2D eigenvalue weighted by atomic mass is 35.5. The molecule has 0 spiro atoms. The lowest BCUT2D eigenvalue weighted by Gasteiger charge is -2.17. The van der Waals surface area contributed by atoms with Crippen molar-refractivity contribution in [3.63, 3.8) is 0 Å². The van der Waals surface area contributed by atoms with Crippen LogP contribution in [0.15, 0.2) is 66.7 Å². The molecule has 0 N–H and O–H groups in total. The van der Waals surface area contributed by atoms with E-state index in [1.165, 1.54) is 0 Å². The lowest BCUT2D eigenvalue weighted by Crippen LogP contribution is -2.25. The number of carbonyl (C=O) groups excluding carboxylic acids is 2. The van der Waals surface area contributed by atoms with Crippen LogP contribution < -0.4 is 0 Å². The number of carbonyl (C=O) groups is 2. The number of pyridine rings is 1. The fourth-order valence-electron chi connectivity index (χ4n) is 3.81. The number of ether oxygens (including phenoxy) is 1.